The highest BCUT2D eigenvalue weighted by molar-refractivity contribution is 8.14. The fraction of sp³-hybridized carbons (Fsp3) is 0.308. The third-order valence-electron chi connectivity index (χ3n) is 2.64. The highest BCUT2D eigenvalue weighted by Gasteiger charge is 2.09. The van der Waals surface area contributed by atoms with E-state index < -0.39 is 21.9 Å². The van der Waals surface area contributed by atoms with E-state index in [-0.39, 0.29) is 17.7 Å². The third kappa shape index (κ3) is 7.94. The molecule has 1 heterocycles. The van der Waals surface area contributed by atoms with Crippen LogP contribution in [0.4, 0.5) is 5.69 Å². The minimum Gasteiger partial charge on any atom is -0.481 e. The minimum absolute atomic E-state index is 0.0639. The number of amidine groups is 1. The van der Waals surface area contributed by atoms with E-state index in [0.29, 0.717) is 5.69 Å². The number of aliphatic imine (C=N–C) groups is 1. The zero-order chi connectivity index (χ0) is 18.2. The smallest absolute Gasteiger partial charge is 0.303 e. The molecule has 1 aliphatic heterocycles. The maximum Gasteiger partial charge on any atom is 0.303 e. The molecular weight excluding hydrogens is 356 g/mol. The van der Waals surface area contributed by atoms with E-state index in [1.165, 1.54) is 24.3 Å². The molecule has 1 aromatic carbocycles. The van der Waals surface area contributed by atoms with Crippen molar-refractivity contribution in [2.75, 3.05) is 17.6 Å². The second-order valence-corrected chi connectivity index (χ2v) is 7.26. The summed E-state index contributed by atoms with van der Waals surface area (Å²) in [7, 11) is -3.76. The molecule has 1 aliphatic rings. The Kier molecular flexibility index (Phi) is 7.68. The Bertz CT molecular complexity index is 716. The van der Waals surface area contributed by atoms with Crippen molar-refractivity contribution in [1.82, 2.24) is 0 Å². The fourth-order valence-corrected chi connectivity index (χ4v) is 2.61. The number of anilines is 1. The Morgan fingerprint density at radius 1 is 1.25 bits per heavy atom. The number of sulfonamides is 1. The molecule has 0 aliphatic carbocycles. The van der Waals surface area contributed by atoms with Crippen molar-refractivity contribution in [2.24, 2.45) is 15.9 Å². The van der Waals surface area contributed by atoms with Gasteiger partial charge in [-0.1, -0.05) is 11.8 Å². The zero-order valence-electron chi connectivity index (χ0n) is 12.6. The number of amides is 1. The Balaban J connectivity index is 0.000000400. The molecule has 9 nitrogen and oxygen atoms in total. The summed E-state index contributed by atoms with van der Waals surface area (Å²) in [5.74, 6) is -0.443. The first-order valence-electron chi connectivity index (χ1n) is 6.75. The molecule has 0 fully saturated rings. The Morgan fingerprint density at radius 2 is 1.88 bits per heavy atom. The number of rotatable bonds is 5. The number of nitrogens with zero attached hydrogens (tertiary/aromatic N) is 1. The number of carbonyl (C=O) groups is 2. The van der Waals surface area contributed by atoms with Crippen LogP contribution in [0.3, 0.4) is 0 Å². The SMILES string of the molecule is NC1=NCCS1.NS(=O)(=O)c1ccc(NC(=O)CCC(=O)O)cc1. The first-order chi connectivity index (χ1) is 11.2. The topological polar surface area (TPSA) is 165 Å². The molecule has 0 atom stereocenters. The number of carbonyl (C=O) groups excluding carboxylic acids is 1. The molecule has 0 bridgehead atoms. The number of hydrogen-bond donors (Lipinski definition) is 4. The van der Waals surface area contributed by atoms with Crippen LogP contribution in [0, 0.1) is 0 Å². The van der Waals surface area contributed by atoms with Crippen molar-refractivity contribution in [1.29, 1.82) is 0 Å². The summed E-state index contributed by atoms with van der Waals surface area (Å²) in [6.45, 7) is 0.913. The average Bonchev–Trinajstić information content (AvgIpc) is 2.96. The van der Waals surface area contributed by atoms with E-state index in [1.807, 2.05) is 0 Å². The summed E-state index contributed by atoms with van der Waals surface area (Å²) >= 11 is 1.62. The molecule has 2 rings (SSSR count). The van der Waals surface area contributed by atoms with E-state index in [4.69, 9.17) is 16.0 Å². The van der Waals surface area contributed by atoms with Gasteiger partial charge < -0.3 is 16.2 Å². The molecule has 0 radical (unpaired) electrons. The van der Waals surface area contributed by atoms with E-state index in [1.54, 1.807) is 11.8 Å². The standard InChI is InChI=1S/C10H12N2O5S.C3H6N2S/c11-18(16,17)8-3-1-7(2-4-8)12-9(13)5-6-10(14)15;4-3-5-1-2-6-3/h1-4H,5-6H2,(H,12,13)(H,14,15)(H2,11,16,17);1-2H2,(H2,4,5). The van der Waals surface area contributed by atoms with Crippen LogP contribution in [0.25, 0.3) is 0 Å². The molecule has 0 aromatic heterocycles. The molecule has 0 unspecified atom stereocenters. The van der Waals surface area contributed by atoms with Gasteiger partial charge in [-0.15, -0.1) is 0 Å². The number of nitrogens with two attached hydrogens (primary N) is 2. The monoisotopic (exact) mass is 374 g/mol. The molecule has 0 saturated carbocycles. The van der Waals surface area contributed by atoms with Gasteiger partial charge in [0.15, 0.2) is 5.17 Å². The third-order valence-corrected chi connectivity index (χ3v) is 4.38. The van der Waals surface area contributed by atoms with Crippen LogP contribution in [0.15, 0.2) is 34.2 Å². The number of primary sulfonamides is 1. The van der Waals surface area contributed by atoms with Crippen LogP contribution in [0.2, 0.25) is 0 Å². The second kappa shape index (κ2) is 9.25. The lowest BCUT2D eigenvalue weighted by atomic mass is 10.2. The number of carboxylic acid groups (broad SMARTS) is 1. The Hall–Kier alpha value is -2.11. The molecule has 0 saturated heterocycles. The van der Waals surface area contributed by atoms with Crippen LogP contribution in [0.5, 0.6) is 0 Å². The molecule has 6 N–H and O–H groups in total. The van der Waals surface area contributed by atoms with Crippen molar-refractivity contribution in [3.05, 3.63) is 24.3 Å². The number of thioether (sulfide) groups is 1. The highest BCUT2D eigenvalue weighted by atomic mass is 32.2. The van der Waals surface area contributed by atoms with Crippen LogP contribution in [0.1, 0.15) is 12.8 Å². The largest absolute Gasteiger partial charge is 0.481 e. The Labute approximate surface area is 143 Å². The lowest BCUT2D eigenvalue weighted by Crippen LogP contribution is -2.14. The number of hydrogen-bond acceptors (Lipinski definition) is 7. The van der Waals surface area contributed by atoms with Gasteiger partial charge in [0.1, 0.15) is 0 Å². The highest BCUT2D eigenvalue weighted by Crippen LogP contribution is 2.13. The van der Waals surface area contributed by atoms with Crippen molar-refractivity contribution in [3.63, 3.8) is 0 Å². The van der Waals surface area contributed by atoms with Crippen molar-refractivity contribution >= 4 is 44.5 Å². The van der Waals surface area contributed by atoms with E-state index in [0.717, 1.165) is 17.5 Å². The van der Waals surface area contributed by atoms with Gasteiger partial charge >= 0.3 is 5.97 Å². The van der Waals surface area contributed by atoms with E-state index >= 15 is 0 Å². The summed E-state index contributed by atoms with van der Waals surface area (Å²) in [6, 6.07) is 5.25. The van der Waals surface area contributed by atoms with Gasteiger partial charge in [0, 0.05) is 17.9 Å². The first kappa shape index (κ1) is 19.9. The number of carboxylic acids is 1. The van der Waals surface area contributed by atoms with Crippen molar-refractivity contribution < 1.29 is 23.1 Å². The normalized spacial score (nSPS) is 13.5. The number of nitrogens with one attached hydrogen (secondary N) is 1. The summed E-state index contributed by atoms with van der Waals surface area (Å²) in [6.07, 6.45) is -0.409. The molecule has 1 amide bonds. The summed E-state index contributed by atoms with van der Waals surface area (Å²) in [5, 5.41) is 16.5. The fourth-order valence-electron chi connectivity index (χ4n) is 1.52. The summed E-state index contributed by atoms with van der Waals surface area (Å²) in [5.41, 5.74) is 5.62. The van der Waals surface area contributed by atoms with E-state index in [9.17, 15) is 18.0 Å². The van der Waals surface area contributed by atoms with Crippen LogP contribution in [-0.4, -0.2) is 42.9 Å². The maximum atomic E-state index is 11.3. The number of aliphatic carboxylic acids is 1. The molecule has 11 heteroatoms. The van der Waals surface area contributed by atoms with Crippen LogP contribution >= 0.6 is 11.8 Å². The van der Waals surface area contributed by atoms with Gasteiger partial charge in [0.25, 0.3) is 0 Å². The summed E-state index contributed by atoms with van der Waals surface area (Å²) in [4.78, 5) is 25.4. The quantitative estimate of drug-likeness (QED) is 0.571. The predicted molar refractivity (Wildman–Crippen MR) is 92.3 cm³/mol. The molecular formula is C13H18N4O5S2. The second-order valence-electron chi connectivity index (χ2n) is 4.58. The lowest BCUT2D eigenvalue weighted by Gasteiger charge is -2.05. The lowest BCUT2D eigenvalue weighted by molar-refractivity contribution is -0.138. The van der Waals surface area contributed by atoms with Gasteiger partial charge in [-0.25, -0.2) is 13.6 Å². The van der Waals surface area contributed by atoms with Gasteiger partial charge in [-0.05, 0) is 24.3 Å². The predicted octanol–water partition coefficient (Wildman–Crippen LogP) is 0.185. The van der Waals surface area contributed by atoms with Gasteiger partial charge in [-0.2, -0.15) is 0 Å². The molecule has 24 heavy (non-hydrogen) atoms. The van der Waals surface area contributed by atoms with Crippen molar-refractivity contribution in [3.8, 4) is 0 Å². The molecule has 0 spiro atoms. The minimum atomic E-state index is -3.76. The molecule has 1 aromatic rings. The van der Waals surface area contributed by atoms with Crippen LogP contribution in [-0.2, 0) is 19.6 Å². The van der Waals surface area contributed by atoms with Gasteiger partial charge in [0.05, 0.1) is 17.9 Å². The molecule has 132 valence electrons. The summed E-state index contributed by atoms with van der Waals surface area (Å²) < 4.78 is 21.9. The van der Waals surface area contributed by atoms with E-state index in [2.05, 4.69) is 10.3 Å². The van der Waals surface area contributed by atoms with Gasteiger partial charge in [0.2, 0.25) is 15.9 Å². The Morgan fingerprint density at radius 3 is 2.25 bits per heavy atom. The maximum absolute atomic E-state index is 11.3. The number of benzene rings is 1. The van der Waals surface area contributed by atoms with Crippen molar-refractivity contribution in [2.45, 2.75) is 17.7 Å². The zero-order valence-corrected chi connectivity index (χ0v) is 14.3. The first-order valence-corrected chi connectivity index (χ1v) is 9.29. The average molecular weight is 374 g/mol. The van der Waals surface area contributed by atoms with Crippen LogP contribution < -0.4 is 16.2 Å². The van der Waals surface area contributed by atoms with Gasteiger partial charge in [-0.3, -0.25) is 14.6 Å².